The molecule has 0 aliphatic heterocycles. The first-order chi connectivity index (χ1) is 13.9. The van der Waals surface area contributed by atoms with Crippen LogP contribution in [0.15, 0.2) is 53.3 Å². The molecule has 144 valence electrons. The molecule has 0 bridgehead atoms. The van der Waals surface area contributed by atoms with Crippen LogP contribution >= 0.6 is 0 Å². The third kappa shape index (κ3) is 3.17. The van der Waals surface area contributed by atoms with Crippen LogP contribution in [0.5, 0.6) is 0 Å². The molecule has 3 N–H and O–H groups in total. The molecule has 1 atom stereocenters. The van der Waals surface area contributed by atoms with Crippen LogP contribution < -0.4 is 11.3 Å². The number of aryl methyl sites for hydroxylation is 1. The van der Waals surface area contributed by atoms with Gasteiger partial charge in [0.2, 0.25) is 0 Å². The van der Waals surface area contributed by atoms with Gasteiger partial charge in [-0.05, 0) is 36.8 Å². The number of nitrogens with two attached hydrogens (primary N) is 1. The van der Waals surface area contributed by atoms with Crippen molar-refractivity contribution in [1.29, 1.82) is 5.26 Å². The molecule has 0 fully saturated rings. The summed E-state index contributed by atoms with van der Waals surface area (Å²) in [6.07, 6.45) is 0. The van der Waals surface area contributed by atoms with Gasteiger partial charge >= 0.3 is 0 Å². The number of rotatable bonds is 3. The number of nitriles is 1. The van der Waals surface area contributed by atoms with Crippen LogP contribution in [0.2, 0.25) is 0 Å². The van der Waals surface area contributed by atoms with E-state index in [2.05, 4.69) is 10.1 Å². The topological polar surface area (TPSA) is 100.0 Å². The average molecular weight is 391 g/mol. The monoisotopic (exact) mass is 391 g/mol. The van der Waals surface area contributed by atoms with Gasteiger partial charge in [0, 0.05) is 29.0 Å². The van der Waals surface area contributed by atoms with Crippen molar-refractivity contribution in [2.75, 3.05) is 0 Å². The van der Waals surface area contributed by atoms with E-state index in [1.165, 1.54) is 16.6 Å². The maximum atomic E-state index is 14.4. The Bertz CT molecular complexity index is 1330. The molecule has 0 spiro atoms. The summed E-state index contributed by atoms with van der Waals surface area (Å²) in [5, 5.41) is 11.8. The lowest BCUT2D eigenvalue weighted by Gasteiger charge is -2.12. The van der Waals surface area contributed by atoms with Crippen LogP contribution in [0.3, 0.4) is 0 Å². The number of aromatic nitrogens is 3. The van der Waals surface area contributed by atoms with E-state index in [0.29, 0.717) is 28.1 Å². The first-order valence-corrected chi connectivity index (χ1v) is 8.72. The molecule has 0 saturated heterocycles. The smallest absolute Gasteiger partial charge is 0.272 e. The molecule has 0 saturated carbocycles. The van der Waals surface area contributed by atoms with Crippen LogP contribution in [-0.4, -0.2) is 14.6 Å². The van der Waals surface area contributed by atoms with Gasteiger partial charge in [-0.3, -0.25) is 9.89 Å². The van der Waals surface area contributed by atoms with E-state index >= 15 is 0 Å². The number of hydrogen-bond donors (Lipinski definition) is 2. The van der Waals surface area contributed by atoms with Crippen molar-refractivity contribution >= 4 is 5.65 Å². The predicted molar refractivity (Wildman–Crippen MR) is 103 cm³/mol. The highest BCUT2D eigenvalue weighted by atomic mass is 19.1. The largest absolute Gasteiger partial charge is 0.319 e. The highest BCUT2D eigenvalue weighted by Gasteiger charge is 2.20. The molecule has 0 amide bonds. The lowest BCUT2D eigenvalue weighted by Crippen LogP contribution is -2.21. The zero-order chi connectivity index (χ0) is 20.7. The molecule has 4 rings (SSSR count). The Morgan fingerprint density at radius 2 is 1.90 bits per heavy atom. The third-order valence-electron chi connectivity index (χ3n) is 4.73. The zero-order valence-corrected chi connectivity index (χ0v) is 15.3. The number of fused-ring (bicyclic) bond motifs is 1. The fraction of sp³-hybridized carbons (Fsp3) is 0.0952. The maximum absolute atomic E-state index is 14.4. The predicted octanol–water partition coefficient (Wildman–Crippen LogP) is 3.20. The number of hydrogen-bond acceptors (Lipinski definition) is 4. The second-order valence-electron chi connectivity index (χ2n) is 6.63. The lowest BCUT2D eigenvalue weighted by molar-refractivity contribution is 0.585. The van der Waals surface area contributed by atoms with Crippen molar-refractivity contribution in [2.24, 2.45) is 5.73 Å². The van der Waals surface area contributed by atoms with E-state index in [1.54, 1.807) is 31.2 Å². The van der Waals surface area contributed by atoms with Crippen LogP contribution in [0.25, 0.3) is 16.8 Å². The maximum Gasteiger partial charge on any atom is 0.272 e. The van der Waals surface area contributed by atoms with Gasteiger partial charge in [0.15, 0.2) is 5.65 Å². The van der Waals surface area contributed by atoms with Crippen molar-refractivity contribution in [2.45, 2.75) is 13.0 Å². The Labute approximate surface area is 163 Å². The summed E-state index contributed by atoms with van der Waals surface area (Å²) < 4.78 is 28.9. The Morgan fingerprint density at radius 3 is 2.55 bits per heavy atom. The van der Waals surface area contributed by atoms with E-state index < -0.39 is 23.2 Å². The van der Waals surface area contributed by atoms with Gasteiger partial charge < -0.3 is 5.73 Å². The number of nitrogens with zero attached hydrogens (tertiary/aromatic N) is 3. The minimum Gasteiger partial charge on any atom is -0.319 e. The second-order valence-corrected chi connectivity index (χ2v) is 6.63. The molecule has 0 radical (unpaired) electrons. The summed E-state index contributed by atoms with van der Waals surface area (Å²) in [7, 11) is 0. The first-order valence-electron chi connectivity index (χ1n) is 8.72. The standard InChI is InChI=1S/C21H15F2N5O/c1-11-19(15-7-6-14(22)8-16(15)23)21-26-17(9-18(29)28(21)27-11)20(25)13-4-2-12(10-24)3-5-13/h2-9,20,27H,25H2,1H3. The molecular formula is C21H15F2N5O. The summed E-state index contributed by atoms with van der Waals surface area (Å²) in [6.45, 7) is 1.67. The van der Waals surface area contributed by atoms with Crippen molar-refractivity contribution < 1.29 is 8.78 Å². The van der Waals surface area contributed by atoms with Gasteiger partial charge in [-0.25, -0.2) is 18.3 Å². The number of benzene rings is 2. The van der Waals surface area contributed by atoms with Gasteiger partial charge in [0.05, 0.1) is 23.4 Å². The van der Waals surface area contributed by atoms with Gasteiger partial charge in [-0.15, -0.1) is 0 Å². The summed E-state index contributed by atoms with van der Waals surface area (Å²) in [5.41, 5.74) is 8.50. The second kappa shape index (κ2) is 6.96. The van der Waals surface area contributed by atoms with Crippen molar-refractivity contribution in [3.8, 4) is 17.2 Å². The SMILES string of the molecule is Cc1[nH]n2c(=O)cc(C(N)c3ccc(C#N)cc3)nc2c1-c1ccc(F)cc1F. The number of aromatic amines is 1. The highest BCUT2D eigenvalue weighted by molar-refractivity contribution is 5.80. The zero-order valence-electron chi connectivity index (χ0n) is 15.3. The number of nitrogens with one attached hydrogen (secondary N) is 1. The van der Waals surface area contributed by atoms with Crippen molar-refractivity contribution in [1.82, 2.24) is 14.6 Å². The summed E-state index contributed by atoms with van der Waals surface area (Å²) in [6, 6.07) is 12.5. The molecule has 4 aromatic rings. The van der Waals surface area contributed by atoms with Gasteiger partial charge in [-0.2, -0.15) is 5.26 Å². The molecular weight excluding hydrogens is 376 g/mol. The molecule has 2 heterocycles. The van der Waals surface area contributed by atoms with E-state index in [0.717, 1.165) is 12.1 Å². The van der Waals surface area contributed by atoms with E-state index in [-0.39, 0.29) is 11.2 Å². The highest BCUT2D eigenvalue weighted by Crippen LogP contribution is 2.30. The third-order valence-corrected chi connectivity index (χ3v) is 4.73. The van der Waals surface area contributed by atoms with Crippen molar-refractivity contribution in [3.63, 3.8) is 0 Å². The Kier molecular flexibility index (Phi) is 4.45. The fourth-order valence-corrected chi connectivity index (χ4v) is 3.28. The molecule has 2 aromatic carbocycles. The van der Waals surface area contributed by atoms with Gasteiger partial charge in [0.25, 0.3) is 5.56 Å². The fourth-order valence-electron chi connectivity index (χ4n) is 3.28. The number of halogens is 2. The molecule has 2 aromatic heterocycles. The van der Waals surface area contributed by atoms with Crippen LogP contribution in [-0.2, 0) is 0 Å². The van der Waals surface area contributed by atoms with Gasteiger partial charge in [0.1, 0.15) is 11.6 Å². The summed E-state index contributed by atoms with van der Waals surface area (Å²) in [4.78, 5) is 17.1. The molecule has 0 aliphatic carbocycles. The molecule has 6 nitrogen and oxygen atoms in total. The molecule has 1 unspecified atom stereocenters. The Morgan fingerprint density at radius 1 is 1.17 bits per heavy atom. The van der Waals surface area contributed by atoms with E-state index in [9.17, 15) is 13.6 Å². The lowest BCUT2D eigenvalue weighted by atomic mass is 10.0. The Hall–Kier alpha value is -3.83. The Balaban J connectivity index is 1.90. The van der Waals surface area contributed by atoms with E-state index in [1.807, 2.05) is 6.07 Å². The van der Waals surface area contributed by atoms with Gasteiger partial charge in [-0.1, -0.05) is 12.1 Å². The van der Waals surface area contributed by atoms with Crippen LogP contribution in [0.1, 0.15) is 28.6 Å². The van der Waals surface area contributed by atoms with Crippen LogP contribution in [0, 0.1) is 29.9 Å². The van der Waals surface area contributed by atoms with E-state index in [4.69, 9.17) is 11.0 Å². The summed E-state index contributed by atoms with van der Waals surface area (Å²) in [5.74, 6) is -1.46. The quantitative estimate of drug-likeness (QED) is 0.560. The molecule has 8 heteroatoms. The molecule has 29 heavy (non-hydrogen) atoms. The summed E-state index contributed by atoms with van der Waals surface area (Å²) >= 11 is 0. The minimum absolute atomic E-state index is 0.124. The first kappa shape index (κ1) is 18.5. The molecule has 0 aliphatic rings. The van der Waals surface area contributed by atoms with Crippen LogP contribution in [0.4, 0.5) is 8.78 Å². The normalized spacial score (nSPS) is 12.1. The average Bonchev–Trinajstić information content (AvgIpc) is 3.04. The van der Waals surface area contributed by atoms with Crippen molar-refractivity contribution in [3.05, 3.63) is 93.0 Å². The number of H-pyrrole nitrogens is 1. The minimum atomic E-state index is -0.759.